The van der Waals surface area contributed by atoms with Crippen molar-refractivity contribution < 1.29 is 0 Å². The van der Waals surface area contributed by atoms with Crippen LogP contribution in [0.2, 0.25) is 0 Å². The standard InChI is InChI=1S/C16H15N3/c1-4-14-11(2)12(3)19(18-14)16-9-10-17-15-8-6-5-7-13(15)16/h4-10H,1H2,2-3H3. The summed E-state index contributed by atoms with van der Waals surface area (Å²) in [5, 5.41) is 5.72. The van der Waals surface area contributed by atoms with E-state index in [2.05, 4.69) is 36.6 Å². The zero-order valence-corrected chi connectivity index (χ0v) is 11.1. The largest absolute Gasteiger partial charge is 0.256 e. The monoisotopic (exact) mass is 249 g/mol. The highest BCUT2D eigenvalue weighted by Gasteiger charge is 2.12. The molecule has 0 aliphatic rings. The van der Waals surface area contributed by atoms with Gasteiger partial charge in [0.05, 0.1) is 16.9 Å². The van der Waals surface area contributed by atoms with E-state index in [-0.39, 0.29) is 0 Å². The summed E-state index contributed by atoms with van der Waals surface area (Å²) < 4.78 is 1.97. The molecule has 3 nitrogen and oxygen atoms in total. The Labute approximate surface area is 112 Å². The molecule has 1 aromatic carbocycles. The molecule has 0 aliphatic heterocycles. The Hall–Kier alpha value is -2.42. The van der Waals surface area contributed by atoms with Crippen molar-refractivity contribution in [1.29, 1.82) is 0 Å². The molecule has 2 aromatic heterocycles. The van der Waals surface area contributed by atoms with Gasteiger partial charge in [0, 0.05) is 17.3 Å². The molecule has 0 saturated carbocycles. The summed E-state index contributed by atoms with van der Waals surface area (Å²) in [5.41, 5.74) is 5.26. The van der Waals surface area contributed by atoms with Gasteiger partial charge in [0.2, 0.25) is 0 Å². The van der Waals surface area contributed by atoms with Crippen LogP contribution in [0.3, 0.4) is 0 Å². The minimum absolute atomic E-state index is 0.929. The summed E-state index contributed by atoms with van der Waals surface area (Å²) in [6, 6.07) is 10.1. The summed E-state index contributed by atoms with van der Waals surface area (Å²) in [5.74, 6) is 0. The number of pyridine rings is 1. The van der Waals surface area contributed by atoms with Gasteiger partial charge in [0.25, 0.3) is 0 Å². The number of hydrogen-bond acceptors (Lipinski definition) is 2. The molecule has 0 amide bonds. The van der Waals surface area contributed by atoms with Gasteiger partial charge in [-0.3, -0.25) is 4.98 Å². The molecule has 0 N–H and O–H groups in total. The van der Waals surface area contributed by atoms with Gasteiger partial charge >= 0.3 is 0 Å². The van der Waals surface area contributed by atoms with Gasteiger partial charge in [-0.25, -0.2) is 4.68 Å². The van der Waals surface area contributed by atoms with Gasteiger partial charge in [0.15, 0.2) is 0 Å². The van der Waals surface area contributed by atoms with Crippen LogP contribution in [0.1, 0.15) is 17.0 Å². The predicted molar refractivity (Wildman–Crippen MR) is 78.4 cm³/mol. The molecule has 3 aromatic rings. The third kappa shape index (κ3) is 1.74. The molecule has 0 spiro atoms. The van der Waals surface area contributed by atoms with Gasteiger partial charge < -0.3 is 0 Å². The Morgan fingerprint density at radius 2 is 1.95 bits per heavy atom. The van der Waals surface area contributed by atoms with Crippen molar-refractivity contribution in [3.63, 3.8) is 0 Å². The van der Waals surface area contributed by atoms with E-state index in [0.717, 1.165) is 33.5 Å². The molecule has 0 unspecified atom stereocenters. The summed E-state index contributed by atoms with van der Waals surface area (Å²) in [6.45, 7) is 7.96. The zero-order valence-electron chi connectivity index (χ0n) is 11.1. The molecule has 0 radical (unpaired) electrons. The van der Waals surface area contributed by atoms with Crippen LogP contribution in [0, 0.1) is 13.8 Å². The molecule has 0 fully saturated rings. The van der Waals surface area contributed by atoms with Crippen molar-refractivity contribution in [3.8, 4) is 5.69 Å². The number of nitrogens with zero attached hydrogens (tertiary/aromatic N) is 3. The molecule has 0 saturated heterocycles. The van der Waals surface area contributed by atoms with Crippen molar-refractivity contribution in [2.24, 2.45) is 0 Å². The molecule has 3 rings (SSSR count). The lowest BCUT2D eigenvalue weighted by molar-refractivity contribution is 0.847. The number of aromatic nitrogens is 3. The van der Waals surface area contributed by atoms with Gasteiger partial charge in [-0.05, 0) is 37.6 Å². The molecule has 0 atom stereocenters. The Bertz CT molecular complexity index is 764. The molecule has 0 aliphatic carbocycles. The fraction of sp³-hybridized carbons (Fsp3) is 0.125. The summed E-state index contributed by atoms with van der Waals surface area (Å²) in [7, 11) is 0. The van der Waals surface area contributed by atoms with Crippen molar-refractivity contribution in [3.05, 3.63) is 60.1 Å². The maximum absolute atomic E-state index is 4.62. The molecular weight excluding hydrogens is 234 g/mol. The number of benzene rings is 1. The fourth-order valence-electron chi connectivity index (χ4n) is 2.30. The molecule has 2 heterocycles. The maximum atomic E-state index is 4.62. The Kier molecular flexibility index (Phi) is 2.67. The highest BCUT2D eigenvalue weighted by molar-refractivity contribution is 5.86. The van der Waals surface area contributed by atoms with E-state index in [1.54, 1.807) is 6.08 Å². The SMILES string of the molecule is C=Cc1nn(-c2ccnc3ccccc23)c(C)c1C. The minimum Gasteiger partial charge on any atom is -0.256 e. The van der Waals surface area contributed by atoms with Crippen LogP contribution < -0.4 is 0 Å². The second-order valence-corrected chi connectivity index (χ2v) is 4.56. The maximum Gasteiger partial charge on any atom is 0.0881 e. The second-order valence-electron chi connectivity index (χ2n) is 4.56. The van der Waals surface area contributed by atoms with Crippen molar-refractivity contribution >= 4 is 17.0 Å². The van der Waals surface area contributed by atoms with Gasteiger partial charge in [0.1, 0.15) is 0 Å². The quantitative estimate of drug-likeness (QED) is 0.693. The zero-order chi connectivity index (χ0) is 13.4. The smallest absolute Gasteiger partial charge is 0.0881 e. The number of rotatable bonds is 2. The Morgan fingerprint density at radius 3 is 2.68 bits per heavy atom. The average molecular weight is 249 g/mol. The van der Waals surface area contributed by atoms with Gasteiger partial charge in [-0.15, -0.1) is 0 Å². The number of para-hydroxylation sites is 1. The van der Waals surface area contributed by atoms with E-state index < -0.39 is 0 Å². The Balaban J connectivity index is 2.33. The molecule has 0 bridgehead atoms. The van der Waals surface area contributed by atoms with E-state index >= 15 is 0 Å². The summed E-state index contributed by atoms with van der Waals surface area (Å²) >= 11 is 0. The summed E-state index contributed by atoms with van der Waals surface area (Å²) in [6.07, 6.45) is 3.61. The predicted octanol–water partition coefficient (Wildman–Crippen LogP) is 3.68. The molecule has 19 heavy (non-hydrogen) atoms. The van der Waals surface area contributed by atoms with E-state index in [1.807, 2.05) is 35.1 Å². The van der Waals surface area contributed by atoms with E-state index in [9.17, 15) is 0 Å². The third-order valence-electron chi connectivity index (χ3n) is 3.50. The average Bonchev–Trinajstić information content (AvgIpc) is 2.74. The lowest BCUT2D eigenvalue weighted by atomic mass is 10.2. The lowest BCUT2D eigenvalue weighted by Gasteiger charge is -2.08. The van der Waals surface area contributed by atoms with Crippen LogP contribution in [0.25, 0.3) is 22.7 Å². The van der Waals surface area contributed by atoms with Crippen LogP contribution in [0.5, 0.6) is 0 Å². The van der Waals surface area contributed by atoms with E-state index in [1.165, 1.54) is 0 Å². The van der Waals surface area contributed by atoms with E-state index in [4.69, 9.17) is 0 Å². The number of hydrogen-bond donors (Lipinski definition) is 0. The van der Waals surface area contributed by atoms with Crippen LogP contribution >= 0.6 is 0 Å². The van der Waals surface area contributed by atoms with Crippen LogP contribution in [-0.4, -0.2) is 14.8 Å². The topological polar surface area (TPSA) is 30.7 Å². The van der Waals surface area contributed by atoms with Crippen molar-refractivity contribution in [2.75, 3.05) is 0 Å². The highest BCUT2D eigenvalue weighted by Crippen LogP contribution is 2.23. The van der Waals surface area contributed by atoms with E-state index in [0.29, 0.717) is 0 Å². The van der Waals surface area contributed by atoms with Gasteiger partial charge in [-0.2, -0.15) is 5.10 Å². The van der Waals surface area contributed by atoms with Crippen LogP contribution in [0.15, 0.2) is 43.1 Å². The Morgan fingerprint density at radius 1 is 1.16 bits per heavy atom. The van der Waals surface area contributed by atoms with Gasteiger partial charge in [-0.1, -0.05) is 24.8 Å². The fourth-order valence-corrected chi connectivity index (χ4v) is 2.30. The summed E-state index contributed by atoms with van der Waals surface area (Å²) in [4.78, 5) is 4.39. The van der Waals surface area contributed by atoms with Crippen LogP contribution in [0.4, 0.5) is 0 Å². The first-order valence-electron chi connectivity index (χ1n) is 6.25. The second kappa shape index (κ2) is 4.35. The van der Waals surface area contributed by atoms with Crippen LogP contribution in [-0.2, 0) is 0 Å². The minimum atomic E-state index is 0.929. The molecule has 94 valence electrons. The van der Waals surface area contributed by atoms with Crippen molar-refractivity contribution in [1.82, 2.24) is 14.8 Å². The molecular formula is C16H15N3. The lowest BCUT2D eigenvalue weighted by Crippen LogP contribution is -2.00. The number of fused-ring (bicyclic) bond motifs is 1. The first-order chi connectivity index (χ1) is 9.22. The first-order valence-corrected chi connectivity index (χ1v) is 6.25. The highest BCUT2D eigenvalue weighted by atomic mass is 15.3. The normalized spacial score (nSPS) is 10.8. The third-order valence-corrected chi connectivity index (χ3v) is 3.50. The molecule has 3 heteroatoms. The van der Waals surface area contributed by atoms with Crippen molar-refractivity contribution in [2.45, 2.75) is 13.8 Å². The first kappa shape index (κ1) is 11.7.